The number of esters is 2. The van der Waals surface area contributed by atoms with Crippen LogP contribution in [0.15, 0.2) is 24.3 Å². The van der Waals surface area contributed by atoms with Crippen LogP contribution in [0.3, 0.4) is 0 Å². The number of halogens is 1. The molecule has 3 fully saturated rings. The van der Waals surface area contributed by atoms with Crippen LogP contribution in [-0.2, 0) is 23.8 Å². The summed E-state index contributed by atoms with van der Waals surface area (Å²) in [5.41, 5.74) is 1.19. The molecule has 0 aliphatic carbocycles. The smallest absolute Gasteiger partial charge is 0.330 e. The van der Waals surface area contributed by atoms with E-state index in [4.69, 9.17) is 9.47 Å². The summed E-state index contributed by atoms with van der Waals surface area (Å²) in [7, 11) is 1.29. The third kappa shape index (κ3) is 2.33. The van der Waals surface area contributed by atoms with E-state index >= 15 is 0 Å². The third-order valence-electron chi connectivity index (χ3n) is 5.15. The minimum absolute atomic E-state index is 0.0304. The molecule has 24 heavy (non-hydrogen) atoms. The van der Waals surface area contributed by atoms with Crippen LogP contribution in [0.25, 0.3) is 6.08 Å². The van der Waals surface area contributed by atoms with Crippen LogP contribution in [0.2, 0.25) is 0 Å². The summed E-state index contributed by atoms with van der Waals surface area (Å²) < 4.78 is 29.8. The number of carbonyl (C=O) groups excluding carboxylic acids is 2. The van der Waals surface area contributed by atoms with Gasteiger partial charge in [0, 0.05) is 17.6 Å². The molecule has 0 amide bonds. The molecule has 2 bridgehead atoms. The van der Waals surface area contributed by atoms with Crippen LogP contribution in [0.1, 0.15) is 30.1 Å². The second-order valence-electron chi connectivity index (χ2n) is 6.38. The maximum atomic E-state index is 13.8. The van der Waals surface area contributed by atoms with E-state index in [2.05, 4.69) is 4.74 Å². The number of methoxy groups -OCH3 is 1. The molecule has 5 atom stereocenters. The van der Waals surface area contributed by atoms with Crippen molar-refractivity contribution in [1.29, 1.82) is 0 Å². The molecule has 3 aliphatic rings. The van der Waals surface area contributed by atoms with Crippen LogP contribution < -0.4 is 0 Å². The molecule has 0 radical (unpaired) electrons. The number of benzene rings is 1. The molecule has 0 N–H and O–H groups in total. The fourth-order valence-corrected chi connectivity index (χ4v) is 4.13. The Labute approximate surface area is 138 Å². The quantitative estimate of drug-likeness (QED) is 0.628. The minimum Gasteiger partial charge on any atom is -0.466 e. The van der Waals surface area contributed by atoms with E-state index in [1.807, 2.05) is 0 Å². The van der Waals surface area contributed by atoms with Crippen LogP contribution in [0, 0.1) is 17.7 Å². The summed E-state index contributed by atoms with van der Waals surface area (Å²) in [6.45, 7) is 0. The van der Waals surface area contributed by atoms with Crippen molar-refractivity contribution in [3.8, 4) is 0 Å². The summed E-state index contributed by atoms with van der Waals surface area (Å²) in [6.07, 6.45) is 3.91. The van der Waals surface area contributed by atoms with Crippen molar-refractivity contribution in [3.05, 3.63) is 41.2 Å². The first kappa shape index (κ1) is 15.3. The topological polar surface area (TPSA) is 61.8 Å². The van der Waals surface area contributed by atoms with Gasteiger partial charge >= 0.3 is 11.9 Å². The first-order chi connectivity index (χ1) is 11.6. The van der Waals surface area contributed by atoms with Gasteiger partial charge in [0.05, 0.1) is 25.2 Å². The summed E-state index contributed by atoms with van der Waals surface area (Å²) in [4.78, 5) is 23.6. The first-order valence-corrected chi connectivity index (χ1v) is 8.00. The van der Waals surface area contributed by atoms with Gasteiger partial charge in [-0.25, -0.2) is 9.18 Å². The number of ether oxygens (including phenoxy) is 3. The van der Waals surface area contributed by atoms with Crippen molar-refractivity contribution in [2.75, 3.05) is 7.11 Å². The number of hydrogen-bond donors (Lipinski definition) is 0. The normalized spacial score (nSPS) is 33.8. The Morgan fingerprint density at radius 3 is 2.92 bits per heavy atom. The maximum Gasteiger partial charge on any atom is 0.330 e. The average molecular weight is 332 g/mol. The molecule has 126 valence electrons. The third-order valence-corrected chi connectivity index (χ3v) is 5.15. The van der Waals surface area contributed by atoms with Crippen molar-refractivity contribution >= 4 is 18.0 Å². The van der Waals surface area contributed by atoms with Gasteiger partial charge in [-0.05, 0) is 36.6 Å². The molecule has 4 rings (SSSR count). The number of rotatable bonds is 3. The summed E-state index contributed by atoms with van der Waals surface area (Å²) >= 11 is 0. The maximum absolute atomic E-state index is 13.8. The Morgan fingerprint density at radius 2 is 2.12 bits per heavy atom. The number of cyclic esters (lactones) is 1. The highest BCUT2D eigenvalue weighted by Crippen LogP contribution is 2.55. The molecule has 0 aromatic heterocycles. The van der Waals surface area contributed by atoms with Gasteiger partial charge in [0.15, 0.2) is 0 Å². The van der Waals surface area contributed by atoms with Gasteiger partial charge in [0.2, 0.25) is 0 Å². The van der Waals surface area contributed by atoms with Crippen molar-refractivity contribution in [2.24, 2.45) is 11.8 Å². The standard InChI is InChI=1S/C18H17FO5/c1-22-14(20)7-3-9-2-4-10(19)8-11(9)17-15-12-5-6-13(23-12)16(15)18(21)24-17/h2-4,7-8,12-13,15-17H,5-6H2,1H3/b7-3+/t12?,13-,15?,16?,17?/m0/s1. The van der Waals surface area contributed by atoms with Gasteiger partial charge in [-0.15, -0.1) is 0 Å². The molecular weight excluding hydrogens is 315 g/mol. The van der Waals surface area contributed by atoms with Gasteiger partial charge in [-0.1, -0.05) is 6.07 Å². The fraction of sp³-hybridized carbons (Fsp3) is 0.444. The Hall–Kier alpha value is -2.21. The van der Waals surface area contributed by atoms with Gasteiger partial charge in [0.25, 0.3) is 0 Å². The zero-order valence-corrected chi connectivity index (χ0v) is 13.1. The summed E-state index contributed by atoms with van der Waals surface area (Å²) in [6, 6.07) is 4.24. The highest BCUT2D eigenvalue weighted by molar-refractivity contribution is 5.87. The van der Waals surface area contributed by atoms with Crippen LogP contribution in [0.4, 0.5) is 4.39 Å². The SMILES string of the molecule is COC(=O)/C=C/c1ccc(F)cc1C1OC(=O)C2C1C1CC[C@@H]2O1. The lowest BCUT2D eigenvalue weighted by Crippen LogP contribution is -2.28. The van der Waals surface area contributed by atoms with E-state index in [0.29, 0.717) is 11.1 Å². The predicted octanol–water partition coefficient (Wildman–Crippen LogP) is 2.40. The molecule has 6 heteroatoms. The van der Waals surface area contributed by atoms with E-state index in [0.717, 1.165) is 12.8 Å². The van der Waals surface area contributed by atoms with E-state index in [1.165, 1.54) is 25.3 Å². The lowest BCUT2D eigenvalue weighted by Gasteiger charge is -2.23. The van der Waals surface area contributed by atoms with E-state index in [-0.39, 0.29) is 30.0 Å². The Kier molecular flexibility index (Phi) is 3.64. The molecular formula is C18H17FO5. The lowest BCUT2D eigenvalue weighted by atomic mass is 9.76. The van der Waals surface area contributed by atoms with Crippen LogP contribution >= 0.6 is 0 Å². The zero-order chi connectivity index (χ0) is 16.8. The molecule has 3 heterocycles. The Balaban J connectivity index is 1.71. The van der Waals surface area contributed by atoms with Gasteiger partial charge in [-0.3, -0.25) is 4.79 Å². The van der Waals surface area contributed by atoms with Gasteiger partial charge < -0.3 is 14.2 Å². The number of fused-ring (bicyclic) bond motifs is 5. The highest BCUT2D eigenvalue weighted by atomic mass is 19.1. The van der Waals surface area contributed by atoms with Crippen molar-refractivity contribution in [2.45, 2.75) is 31.2 Å². The first-order valence-electron chi connectivity index (χ1n) is 8.00. The summed E-state index contributed by atoms with van der Waals surface area (Å²) in [5.74, 6) is -1.55. The van der Waals surface area contributed by atoms with Crippen LogP contribution in [0.5, 0.6) is 0 Å². The second kappa shape index (κ2) is 5.70. The van der Waals surface area contributed by atoms with Gasteiger partial charge in [-0.2, -0.15) is 0 Å². The highest BCUT2D eigenvalue weighted by Gasteiger charge is 2.61. The largest absolute Gasteiger partial charge is 0.466 e. The molecule has 1 aromatic carbocycles. The van der Waals surface area contributed by atoms with Crippen LogP contribution in [-0.4, -0.2) is 31.3 Å². The molecule has 4 unspecified atom stereocenters. The minimum atomic E-state index is -0.550. The Morgan fingerprint density at radius 1 is 1.33 bits per heavy atom. The van der Waals surface area contributed by atoms with E-state index in [9.17, 15) is 14.0 Å². The predicted molar refractivity (Wildman–Crippen MR) is 81.2 cm³/mol. The zero-order valence-electron chi connectivity index (χ0n) is 13.1. The van der Waals surface area contributed by atoms with E-state index in [1.54, 1.807) is 12.1 Å². The van der Waals surface area contributed by atoms with Crippen molar-refractivity contribution in [1.82, 2.24) is 0 Å². The molecule has 0 saturated carbocycles. The Bertz CT molecular complexity index is 728. The molecule has 3 aliphatic heterocycles. The molecule has 1 aromatic rings. The summed E-state index contributed by atoms with van der Waals surface area (Å²) in [5, 5.41) is 0. The van der Waals surface area contributed by atoms with E-state index < -0.39 is 17.9 Å². The second-order valence-corrected chi connectivity index (χ2v) is 6.38. The van der Waals surface area contributed by atoms with Crippen molar-refractivity contribution < 1.29 is 28.2 Å². The van der Waals surface area contributed by atoms with Crippen molar-refractivity contribution in [3.63, 3.8) is 0 Å². The molecule has 0 spiro atoms. The lowest BCUT2D eigenvalue weighted by molar-refractivity contribution is -0.147. The number of carbonyl (C=O) groups is 2. The average Bonchev–Trinajstić information content (AvgIpc) is 3.27. The monoisotopic (exact) mass is 332 g/mol. The molecule has 3 saturated heterocycles. The molecule has 5 nitrogen and oxygen atoms in total. The number of hydrogen-bond acceptors (Lipinski definition) is 5. The fourth-order valence-electron chi connectivity index (χ4n) is 4.13. The van der Waals surface area contributed by atoms with Gasteiger partial charge in [0.1, 0.15) is 11.9 Å².